The smallest absolute Gasteiger partial charge is 0.280 e. The van der Waals surface area contributed by atoms with Crippen molar-refractivity contribution in [2.75, 3.05) is 0 Å². The van der Waals surface area contributed by atoms with Gasteiger partial charge in [-0.05, 0) is 42.1 Å². The number of amides is 1. The van der Waals surface area contributed by atoms with Crippen LogP contribution in [0.25, 0.3) is 11.4 Å². The van der Waals surface area contributed by atoms with Crippen LogP contribution in [0.15, 0.2) is 97.5 Å². The quantitative estimate of drug-likeness (QED) is 0.521. The van der Waals surface area contributed by atoms with E-state index in [1.54, 1.807) is 42.9 Å². The maximum Gasteiger partial charge on any atom is 0.280 e. The van der Waals surface area contributed by atoms with E-state index in [0.29, 0.717) is 17.0 Å². The number of hydrogen-bond donors (Lipinski definition) is 2. The molecule has 3 aromatic rings. The van der Waals surface area contributed by atoms with Gasteiger partial charge in [0.05, 0.1) is 17.9 Å². The number of dihydropyridines is 1. The van der Waals surface area contributed by atoms with E-state index in [1.807, 2.05) is 54.6 Å². The average molecular weight is 384 g/mol. The van der Waals surface area contributed by atoms with Crippen molar-refractivity contribution in [1.29, 1.82) is 0 Å². The normalized spacial score (nSPS) is 17.6. The number of carbonyl (C=O) groups excluding carboxylic acids is 1. The molecule has 1 aliphatic heterocycles. The summed E-state index contributed by atoms with van der Waals surface area (Å²) in [6.45, 7) is 0.0693. The summed E-state index contributed by atoms with van der Waals surface area (Å²) in [6, 6.07) is 18.5. The van der Waals surface area contributed by atoms with Crippen molar-refractivity contribution in [2.24, 2.45) is 0 Å². The van der Waals surface area contributed by atoms with Crippen molar-refractivity contribution in [2.45, 2.75) is 12.1 Å². The van der Waals surface area contributed by atoms with Gasteiger partial charge in [-0.3, -0.25) is 20.0 Å². The topological polar surface area (TPSA) is 78.4 Å². The molecule has 0 radical (unpaired) electrons. The molecule has 1 aromatic carbocycles. The first-order valence-electron chi connectivity index (χ1n) is 9.24. The van der Waals surface area contributed by atoms with E-state index < -0.39 is 11.4 Å². The molecule has 0 aliphatic carbocycles. The van der Waals surface area contributed by atoms with E-state index in [-0.39, 0.29) is 6.54 Å². The first kappa shape index (κ1) is 18.6. The van der Waals surface area contributed by atoms with Gasteiger partial charge in [-0.1, -0.05) is 48.5 Å². The molecular formula is C23H20N4O2. The number of nitrogens with zero attached hydrogens (tertiary/aromatic N) is 3. The van der Waals surface area contributed by atoms with Crippen molar-refractivity contribution >= 4 is 5.91 Å². The number of aromatic nitrogens is 2. The Hall–Kier alpha value is -3.77. The first-order valence-corrected chi connectivity index (χ1v) is 9.24. The highest BCUT2D eigenvalue weighted by Gasteiger charge is 2.43. The van der Waals surface area contributed by atoms with Gasteiger partial charge < -0.3 is 5.32 Å². The van der Waals surface area contributed by atoms with Crippen molar-refractivity contribution in [1.82, 2.24) is 20.3 Å². The second-order valence-electron chi connectivity index (χ2n) is 6.63. The Morgan fingerprint density at radius 3 is 2.48 bits per heavy atom. The highest BCUT2D eigenvalue weighted by atomic mass is 16.5. The standard InChI is InChI=1S/C23H20N4O2/c28-22(27(29)17-18-9-2-1-3-10-18)23(13-5-7-16-26-23)19-11-8-15-25-21(19)20-12-4-6-14-24-20/h1-16,26,29H,17H2. The maximum atomic E-state index is 13.5. The SMILES string of the molecule is O=C(N(O)Cc1ccccc1)C1(c2cccnc2-c2ccccn2)C=CC=CN1. The molecule has 1 atom stereocenters. The van der Waals surface area contributed by atoms with E-state index in [1.165, 1.54) is 0 Å². The van der Waals surface area contributed by atoms with Crippen molar-refractivity contribution in [3.63, 3.8) is 0 Å². The molecule has 2 aromatic heterocycles. The van der Waals surface area contributed by atoms with Crippen molar-refractivity contribution in [3.8, 4) is 11.4 Å². The third kappa shape index (κ3) is 3.66. The molecule has 6 heteroatoms. The molecule has 0 spiro atoms. The van der Waals surface area contributed by atoms with E-state index in [2.05, 4.69) is 15.3 Å². The number of hydroxylamine groups is 2. The lowest BCUT2D eigenvalue weighted by Gasteiger charge is -2.35. The van der Waals surface area contributed by atoms with Gasteiger partial charge in [-0.25, -0.2) is 5.06 Å². The third-order valence-corrected chi connectivity index (χ3v) is 4.75. The molecule has 3 heterocycles. The molecule has 1 amide bonds. The van der Waals surface area contributed by atoms with Crippen LogP contribution in [-0.2, 0) is 16.9 Å². The predicted molar refractivity (Wildman–Crippen MR) is 109 cm³/mol. The van der Waals surface area contributed by atoms with Gasteiger partial charge in [0.2, 0.25) is 0 Å². The van der Waals surface area contributed by atoms with Gasteiger partial charge in [-0.2, -0.15) is 0 Å². The number of nitrogens with one attached hydrogen (secondary N) is 1. The Kier molecular flexibility index (Phi) is 5.18. The zero-order valence-electron chi connectivity index (χ0n) is 15.6. The van der Waals surface area contributed by atoms with Crippen LogP contribution in [0.4, 0.5) is 0 Å². The van der Waals surface area contributed by atoms with Crippen LogP contribution < -0.4 is 5.32 Å². The molecule has 6 nitrogen and oxygen atoms in total. The largest absolute Gasteiger partial charge is 0.370 e. The van der Waals surface area contributed by atoms with Crippen molar-refractivity contribution < 1.29 is 10.0 Å². The zero-order valence-corrected chi connectivity index (χ0v) is 15.6. The van der Waals surface area contributed by atoms with Crippen LogP contribution in [0.2, 0.25) is 0 Å². The minimum Gasteiger partial charge on any atom is -0.370 e. The molecular weight excluding hydrogens is 364 g/mol. The Balaban J connectivity index is 1.77. The van der Waals surface area contributed by atoms with E-state index in [9.17, 15) is 10.0 Å². The average Bonchev–Trinajstić information content (AvgIpc) is 2.80. The van der Waals surface area contributed by atoms with Gasteiger partial charge in [-0.15, -0.1) is 0 Å². The minimum absolute atomic E-state index is 0.0693. The summed E-state index contributed by atoms with van der Waals surface area (Å²) < 4.78 is 0. The fourth-order valence-electron chi connectivity index (χ4n) is 3.36. The van der Waals surface area contributed by atoms with E-state index in [4.69, 9.17) is 0 Å². The fraction of sp³-hybridized carbons (Fsp3) is 0.0870. The summed E-state index contributed by atoms with van der Waals surface area (Å²) >= 11 is 0. The lowest BCUT2D eigenvalue weighted by molar-refractivity contribution is -0.174. The second kappa shape index (κ2) is 8.08. The van der Waals surface area contributed by atoms with Gasteiger partial charge >= 0.3 is 0 Å². The van der Waals surface area contributed by atoms with Crippen molar-refractivity contribution in [3.05, 3.63) is 109 Å². The Labute approximate surface area is 168 Å². The summed E-state index contributed by atoms with van der Waals surface area (Å²) in [6.07, 6.45) is 10.3. The van der Waals surface area contributed by atoms with E-state index >= 15 is 0 Å². The van der Waals surface area contributed by atoms with E-state index in [0.717, 1.165) is 10.6 Å². The van der Waals surface area contributed by atoms with Crippen LogP contribution in [0.3, 0.4) is 0 Å². The molecule has 1 aliphatic rings. The summed E-state index contributed by atoms with van der Waals surface area (Å²) in [5.74, 6) is -0.507. The Morgan fingerprint density at radius 1 is 0.966 bits per heavy atom. The lowest BCUT2D eigenvalue weighted by atomic mass is 9.85. The van der Waals surface area contributed by atoms with Gasteiger partial charge in [0.1, 0.15) is 0 Å². The molecule has 4 rings (SSSR count). The molecule has 0 bridgehead atoms. The van der Waals surface area contributed by atoms with Crippen LogP contribution in [0.5, 0.6) is 0 Å². The van der Waals surface area contributed by atoms with Crippen LogP contribution >= 0.6 is 0 Å². The number of benzene rings is 1. The predicted octanol–water partition coefficient (Wildman–Crippen LogP) is 3.43. The molecule has 0 fully saturated rings. The summed E-state index contributed by atoms with van der Waals surface area (Å²) in [5, 5.41) is 14.5. The fourth-order valence-corrected chi connectivity index (χ4v) is 3.36. The zero-order chi connectivity index (χ0) is 20.1. The molecule has 29 heavy (non-hydrogen) atoms. The number of hydrogen-bond acceptors (Lipinski definition) is 5. The molecule has 0 saturated carbocycles. The summed E-state index contributed by atoms with van der Waals surface area (Å²) in [7, 11) is 0. The summed E-state index contributed by atoms with van der Waals surface area (Å²) in [4.78, 5) is 22.4. The van der Waals surface area contributed by atoms with Gasteiger partial charge in [0, 0.05) is 18.0 Å². The molecule has 1 unspecified atom stereocenters. The van der Waals surface area contributed by atoms with Gasteiger partial charge in [0.15, 0.2) is 5.54 Å². The highest BCUT2D eigenvalue weighted by molar-refractivity contribution is 5.91. The number of rotatable bonds is 5. The van der Waals surface area contributed by atoms with Crippen LogP contribution in [-0.4, -0.2) is 26.1 Å². The third-order valence-electron chi connectivity index (χ3n) is 4.75. The number of carbonyl (C=O) groups is 1. The van der Waals surface area contributed by atoms with Crippen LogP contribution in [0.1, 0.15) is 11.1 Å². The highest BCUT2D eigenvalue weighted by Crippen LogP contribution is 2.33. The minimum atomic E-state index is -1.31. The monoisotopic (exact) mass is 384 g/mol. The number of allylic oxidation sites excluding steroid dienone is 2. The lowest BCUT2D eigenvalue weighted by Crippen LogP contribution is -2.52. The Bertz CT molecular complexity index is 1050. The van der Waals surface area contributed by atoms with Crippen LogP contribution in [0, 0.1) is 0 Å². The molecule has 0 saturated heterocycles. The molecule has 144 valence electrons. The maximum absolute atomic E-state index is 13.5. The van der Waals surface area contributed by atoms with Gasteiger partial charge in [0.25, 0.3) is 5.91 Å². The Morgan fingerprint density at radius 2 is 1.76 bits per heavy atom. The number of pyridine rings is 2. The summed E-state index contributed by atoms with van der Waals surface area (Å²) in [5.41, 5.74) is 1.34. The second-order valence-corrected chi connectivity index (χ2v) is 6.63. The molecule has 2 N–H and O–H groups in total. The first-order chi connectivity index (χ1) is 14.2.